The van der Waals surface area contributed by atoms with Gasteiger partial charge in [0.15, 0.2) is 0 Å². The summed E-state index contributed by atoms with van der Waals surface area (Å²) < 4.78 is 39.2. The Hall–Kier alpha value is -2.39. The molecule has 1 fully saturated rings. The molecule has 0 spiro atoms. The van der Waals surface area contributed by atoms with E-state index in [-0.39, 0.29) is 6.54 Å². The molecular formula is C14H17F3N6O. The van der Waals surface area contributed by atoms with Crippen molar-refractivity contribution in [3.05, 3.63) is 18.1 Å². The van der Waals surface area contributed by atoms with Gasteiger partial charge in [0.1, 0.15) is 24.7 Å². The van der Waals surface area contributed by atoms with Crippen LogP contribution in [-0.2, 0) is 11.2 Å². The Bertz CT molecular complexity index is 744. The Morgan fingerprint density at radius 2 is 2.21 bits per heavy atom. The number of likely N-dealkylation sites (tertiary alicyclic amines) is 1. The number of anilines is 1. The molecule has 3 rings (SSSR count). The number of amides is 1. The molecule has 0 saturated carbocycles. The van der Waals surface area contributed by atoms with E-state index >= 15 is 0 Å². The predicted molar refractivity (Wildman–Crippen MR) is 79.4 cm³/mol. The summed E-state index contributed by atoms with van der Waals surface area (Å²) in [6, 6.07) is 1.01. The Balaban J connectivity index is 1.82. The summed E-state index contributed by atoms with van der Waals surface area (Å²) in [5.41, 5.74) is 0.758. The zero-order chi connectivity index (χ0) is 17.3. The van der Waals surface area contributed by atoms with Crippen LogP contribution in [0.5, 0.6) is 0 Å². The fraction of sp³-hybridized carbons (Fsp3) is 0.571. The number of nitrogens with one attached hydrogen (secondary N) is 1. The third-order valence-corrected chi connectivity index (χ3v) is 3.89. The summed E-state index contributed by atoms with van der Waals surface area (Å²) in [4.78, 5) is 21.5. The molecular weight excluding hydrogens is 325 g/mol. The standard InChI is InChI=1S/C14H17F3N6O/c1-2-9-6-11(23-13(20-9)18-8-19-23)21-10-4-3-5-22(12(10)24)7-14(15,16)17/h6,8,10,21H,2-5,7H2,1H3. The minimum absolute atomic E-state index is 0.117. The van der Waals surface area contributed by atoms with Crippen molar-refractivity contribution < 1.29 is 18.0 Å². The van der Waals surface area contributed by atoms with Gasteiger partial charge in [-0.1, -0.05) is 6.92 Å². The minimum atomic E-state index is -4.40. The van der Waals surface area contributed by atoms with Crippen LogP contribution in [0.25, 0.3) is 5.78 Å². The van der Waals surface area contributed by atoms with Crippen LogP contribution in [0.15, 0.2) is 12.4 Å². The Labute approximate surface area is 135 Å². The van der Waals surface area contributed by atoms with Crippen molar-refractivity contribution in [2.45, 2.75) is 38.4 Å². The van der Waals surface area contributed by atoms with Gasteiger partial charge in [-0.15, -0.1) is 0 Å². The minimum Gasteiger partial charge on any atom is -0.358 e. The summed E-state index contributed by atoms with van der Waals surface area (Å²) in [6.45, 7) is 0.820. The summed E-state index contributed by atoms with van der Waals surface area (Å²) in [6.07, 6.45) is -1.43. The van der Waals surface area contributed by atoms with Crippen LogP contribution in [0.1, 0.15) is 25.5 Å². The van der Waals surface area contributed by atoms with Gasteiger partial charge in [0.2, 0.25) is 5.91 Å². The van der Waals surface area contributed by atoms with Crippen molar-refractivity contribution in [2.24, 2.45) is 0 Å². The van der Waals surface area contributed by atoms with E-state index in [1.165, 1.54) is 10.8 Å². The number of halogens is 3. The van der Waals surface area contributed by atoms with E-state index in [2.05, 4.69) is 20.4 Å². The second-order valence-corrected chi connectivity index (χ2v) is 5.67. The average molecular weight is 342 g/mol. The van der Waals surface area contributed by atoms with Gasteiger partial charge in [-0.05, 0) is 19.3 Å². The Kier molecular flexibility index (Phi) is 4.29. The van der Waals surface area contributed by atoms with Gasteiger partial charge < -0.3 is 10.2 Å². The van der Waals surface area contributed by atoms with Crippen molar-refractivity contribution in [1.29, 1.82) is 0 Å². The zero-order valence-corrected chi connectivity index (χ0v) is 13.0. The van der Waals surface area contributed by atoms with E-state index in [1.807, 2.05) is 6.92 Å². The van der Waals surface area contributed by atoms with Gasteiger partial charge in [0, 0.05) is 18.3 Å². The second-order valence-electron chi connectivity index (χ2n) is 5.67. The lowest BCUT2D eigenvalue weighted by molar-refractivity contribution is -0.163. The number of aromatic nitrogens is 4. The molecule has 24 heavy (non-hydrogen) atoms. The maximum atomic E-state index is 12.6. The Morgan fingerprint density at radius 1 is 1.42 bits per heavy atom. The molecule has 1 aliphatic heterocycles. The first kappa shape index (κ1) is 16.5. The first-order chi connectivity index (χ1) is 11.4. The molecule has 3 heterocycles. The largest absolute Gasteiger partial charge is 0.406 e. The lowest BCUT2D eigenvalue weighted by Crippen LogP contribution is -2.50. The monoisotopic (exact) mass is 342 g/mol. The van der Waals surface area contributed by atoms with Crippen molar-refractivity contribution in [2.75, 3.05) is 18.4 Å². The highest BCUT2D eigenvalue weighted by Gasteiger charge is 2.37. The van der Waals surface area contributed by atoms with Crippen molar-refractivity contribution in [1.82, 2.24) is 24.5 Å². The summed E-state index contributed by atoms with van der Waals surface area (Å²) in [7, 11) is 0. The van der Waals surface area contributed by atoms with Gasteiger partial charge in [0.25, 0.3) is 5.78 Å². The molecule has 7 nitrogen and oxygen atoms in total. The maximum Gasteiger partial charge on any atom is 0.406 e. The highest BCUT2D eigenvalue weighted by atomic mass is 19.4. The van der Waals surface area contributed by atoms with Crippen molar-refractivity contribution in [3.63, 3.8) is 0 Å². The first-order valence-electron chi connectivity index (χ1n) is 7.69. The number of alkyl halides is 3. The molecule has 1 aliphatic rings. The topological polar surface area (TPSA) is 75.4 Å². The maximum absolute atomic E-state index is 12.6. The second kappa shape index (κ2) is 6.25. The number of carbonyl (C=O) groups excluding carboxylic acids is 1. The summed E-state index contributed by atoms with van der Waals surface area (Å²) in [5.74, 6) is 0.329. The molecule has 1 unspecified atom stereocenters. The molecule has 0 aliphatic carbocycles. The lowest BCUT2D eigenvalue weighted by atomic mass is 10.0. The number of nitrogens with zero attached hydrogens (tertiary/aromatic N) is 5. The number of carbonyl (C=O) groups is 1. The van der Waals surface area contributed by atoms with E-state index in [0.717, 1.165) is 10.6 Å². The number of fused-ring (bicyclic) bond motifs is 1. The summed E-state index contributed by atoms with van der Waals surface area (Å²) in [5, 5.41) is 7.05. The molecule has 130 valence electrons. The number of piperidine rings is 1. The van der Waals surface area contributed by atoms with Gasteiger partial charge >= 0.3 is 6.18 Å². The van der Waals surface area contributed by atoms with Crippen LogP contribution < -0.4 is 5.32 Å². The fourth-order valence-corrected chi connectivity index (χ4v) is 2.77. The SMILES string of the molecule is CCc1cc(NC2CCCN(CC(F)(F)F)C2=O)n2ncnc2n1. The quantitative estimate of drug-likeness (QED) is 0.914. The van der Waals surface area contributed by atoms with Gasteiger partial charge in [-0.3, -0.25) is 4.79 Å². The summed E-state index contributed by atoms with van der Waals surface area (Å²) >= 11 is 0. The molecule has 2 aromatic rings. The average Bonchev–Trinajstić information content (AvgIpc) is 2.98. The van der Waals surface area contributed by atoms with Crippen LogP contribution in [0.4, 0.5) is 19.0 Å². The number of hydrogen-bond donors (Lipinski definition) is 1. The third-order valence-electron chi connectivity index (χ3n) is 3.89. The molecule has 2 aromatic heterocycles. The lowest BCUT2D eigenvalue weighted by Gasteiger charge is -2.33. The smallest absolute Gasteiger partial charge is 0.358 e. The Morgan fingerprint density at radius 3 is 2.92 bits per heavy atom. The number of rotatable bonds is 4. The van der Waals surface area contributed by atoms with Gasteiger partial charge in [-0.25, -0.2) is 4.98 Å². The molecule has 1 amide bonds. The van der Waals surface area contributed by atoms with E-state index in [9.17, 15) is 18.0 Å². The van der Waals surface area contributed by atoms with E-state index in [1.54, 1.807) is 6.07 Å². The number of aryl methyl sites for hydroxylation is 1. The van der Waals surface area contributed by atoms with Crippen LogP contribution in [0, 0.1) is 0 Å². The van der Waals surface area contributed by atoms with E-state index in [0.29, 0.717) is 30.9 Å². The predicted octanol–water partition coefficient (Wildman–Crippen LogP) is 1.65. The molecule has 10 heteroatoms. The van der Waals surface area contributed by atoms with Crippen molar-refractivity contribution in [3.8, 4) is 0 Å². The van der Waals surface area contributed by atoms with E-state index < -0.39 is 24.7 Å². The fourth-order valence-electron chi connectivity index (χ4n) is 2.77. The molecule has 1 N–H and O–H groups in total. The van der Waals surface area contributed by atoms with Crippen molar-refractivity contribution >= 4 is 17.5 Å². The number of hydrogen-bond acceptors (Lipinski definition) is 5. The van der Waals surface area contributed by atoms with Crippen LogP contribution >= 0.6 is 0 Å². The first-order valence-corrected chi connectivity index (χ1v) is 7.69. The van der Waals surface area contributed by atoms with Crippen LogP contribution in [0.2, 0.25) is 0 Å². The van der Waals surface area contributed by atoms with Gasteiger partial charge in [0.05, 0.1) is 0 Å². The molecule has 1 atom stereocenters. The van der Waals surface area contributed by atoms with Gasteiger partial charge in [-0.2, -0.15) is 27.8 Å². The third kappa shape index (κ3) is 3.41. The highest BCUT2D eigenvalue weighted by molar-refractivity contribution is 5.85. The van der Waals surface area contributed by atoms with E-state index in [4.69, 9.17) is 0 Å². The molecule has 0 bridgehead atoms. The normalized spacial score (nSPS) is 19.1. The van der Waals surface area contributed by atoms with Crippen LogP contribution in [-0.4, -0.2) is 55.7 Å². The molecule has 0 radical (unpaired) electrons. The highest BCUT2D eigenvalue weighted by Crippen LogP contribution is 2.23. The zero-order valence-electron chi connectivity index (χ0n) is 13.0. The molecule has 0 aromatic carbocycles. The van der Waals surface area contributed by atoms with Crippen LogP contribution in [0.3, 0.4) is 0 Å². The molecule has 1 saturated heterocycles.